The Bertz CT molecular complexity index is 1070. The van der Waals surface area contributed by atoms with Gasteiger partial charge in [0.05, 0.1) is 44.6 Å². The van der Waals surface area contributed by atoms with Gasteiger partial charge in [0.1, 0.15) is 11.1 Å². The molecule has 10 nitrogen and oxygen atoms in total. The first-order valence-corrected chi connectivity index (χ1v) is 14.2. The Kier molecular flexibility index (Phi) is 6.51. The quantitative estimate of drug-likeness (QED) is 0.580. The van der Waals surface area contributed by atoms with Crippen molar-refractivity contribution in [1.29, 1.82) is 0 Å². The maximum atomic E-state index is 6.70. The molecule has 6 heterocycles. The average molecular weight is 515 g/mol. The lowest BCUT2D eigenvalue weighted by molar-refractivity contribution is -0.0285. The van der Waals surface area contributed by atoms with E-state index in [4.69, 9.17) is 28.9 Å². The SMILES string of the molecule is c1cn(C2COC2)nc1Nc1nc(OC2CCC(N3CCOCC3)CC2)c2c(n1)SC1COCCC21. The van der Waals surface area contributed by atoms with E-state index in [1.54, 1.807) is 11.8 Å². The van der Waals surface area contributed by atoms with E-state index < -0.39 is 0 Å². The third-order valence-corrected chi connectivity index (χ3v) is 9.44. The van der Waals surface area contributed by atoms with E-state index in [1.165, 1.54) is 18.4 Å². The fourth-order valence-corrected chi connectivity index (χ4v) is 7.40. The van der Waals surface area contributed by atoms with Crippen molar-refractivity contribution < 1.29 is 18.9 Å². The van der Waals surface area contributed by atoms with E-state index >= 15 is 0 Å². The molecular formula is C25H34N6O4S. The van der Waals surface area contributed by atoms with Crippen LogP contribution in [0.4, 0.5) is 11.8 Å². The van der Waals surface area contributed by atoms with Crippen molar-refractivity contribution in [2.45, 2.75) is 66.5 Å². The van der Waals surface area contributed by atoms with Crippen LogP contribution in [0, 0.1) is 0 Å². The Morgan fingerprint density at radius 3 is 2.58 bits per heavy atom. The summed E-state index contributed by atoms with van der Waals surface area (Å²) in [6, 6.07) is 2.92. The van der Waals surface area contributed by atoms with Gasteiger partial charge in [0, 0.05) is 49.2 Å². The summed E-state index contributed by atoms with van der Waals surface area (Å²) in [6.45, 7) is 6.78. The standard InChI is InChI=1S/C25H34N6O4S/c1-3-18(4-2-16(1)30-8-11-32-12-9-30)35-23-22-19-6-10-33-15-20(19)36-24(22)28-25(27-23)26-21-5-7-31(29-21)17-13-34-14-17/h5,7,16-20H,1-4,6,8-15H2,(H,26,27,28,29). The monoisotopic (exact) mass is 514 g/mol. The number of nitrogens with one attached hydrogen (secondary N) is 1. The van der Waals surface area contributed by atoms with Crippen molar-refractivity contribution in [2.24, 2.45) is 0 Å². The summed E-state index contributed by atoms with van der Waals surface area (Å²) < 4.78 is 25.3. The smallest absolute Gasteiger partial charge is 0.232 e. The lowest BCUT2D eigenvalue weighted by atomic mass is 9.91. The number of nitrogens with zero attached hydrogens (tertiary/aromatic N) is 5. The molecule has 2 unspecified atom stereocenters. The molecule has 11 heteroatoms. The molecular weight excluding hydrogens is 480 g/mol. The maximum absolute atomic E-state index is 6.70. The molecule has 1 saturated carbocycles. The van der Waals surface area contributed by atoms with E-state index in [9.17, 15) is 0 Å². The lowest BCUT2D eigenvalue weighted by Gasteiger charge is -2.38. The maximum Gasteiger partial charge on any atom is 0.232 e. The highest BCUT2D eigenvalue weighted by Crippen LogP contribution is 2.51. The second-order valence-corrected chi connectivity index (χ2v) is 11.6. The summed E-state index contributed by atoms with van der Waals surface area (Å²) in [7, 11) is 0. The molecule has 0 bridgehead atoms. The van der Waals surface area contributed by atoms with Crippen molar-refractivity contribution in [1.82, 2.24) is 24.6 Å². The number of thioether (sulfide) groups is 1. The van der Waals surface area contributed by atoms with Crippen molar-refractivity contribution in [3.05, 3.63) is 17.8 Å². The van der Waals surface area contributed by atoms with Crippen LogP contribution in [0.5, 0.6) is 5.88 Å². The van der Waals surface area contributed by atoms with Gasteiger partial charge in [0.25, 0.3) is 0 Å². The van der Waals surface area contributed by atoms with Gasteiger partial charge in [-0.2, -0.15) is 10.1 Å². The van der Waals surface area contributed by atoms with Crippen molar-refractivity contribution >= 4 is 23.5 Å². The summed E-state index contributed by atoms with van der Waals surface area (Å²) in [5.41, 5.74) is 1.19. The van der Waals surface area contributed by atoms with Gasteiger partial charge in [-0.05, 0) is 32.1 Å². The Morgan fingerprint density at radius 1 is 0.917 bits per heavy atom. The fraction of sp³-hybridized carbons (Fsp3) is 0.720. The molecule has 0 aromatic carbocycles. The zero-order valence-corrected chi connectivity index (χ0v) is 21.3. The molecule has 2 aromatic heterocycles. The third-order valence-electron chi connectivity index (χ3n) is 8.14. The highest BCUT2D eigenvalue weighted by molar-refractivity contribution is 8.00. The summed E-state index contributed by atoms with van der Waals surface area (Å²) in [6.07, 6.45) is 7.61. The minimum atomic E-state index is 0.191. The van der Waals surface area contributed by atoms with Gasteiger partial charge < -0.3 is 24.3 Å². The van der Waals surface area contributed by atoms with Gasteiger partial charge >= 0.3 is 0 Å². The van der Waals surface area contributed by atoms with Crippen LogP contribution in [0.2, 0.25) is 0 Å². The Hall–Kier alpha value is -1.92. The predicted molar refractivity (Wildman–Crippen MR) is 134 cm³/mol. The zero-order valence-electron chi connectivity index (χ0n) is 20.5. The number of anilines is 2. The summed E-state index contributed by atoms with van der Waals surface area (Å²) in [5.74, 6) is 2.44. The largest absolute Gasteiger partial charge is 0.474 e. The van der Waals surface area contributed by atoms with Crippen molar-refractivity contribution in [3.63, 3.8) is 0 Å². The van der Waals surface area contributed by atoms with Crippen LogP contribution >= 0.6 is 11.8 Å². The van der Waals surface area contributed by atoms with Gasteiger partial charge in [-0.15, -0.1) is 0 Å². The van der Waals surface area contributed by atoms with Crippen molar-refractivity contribution in [2.75, 3.05) is 58.0 Å². The molecule has 4 aliphatic heterocycles. The second-order valence-electron chi connectivity index (χ2n) is 10.4. The van der Waals surface area contributed by atoms with Gasteiger partial charge in [0.15, 0.2) is 5.82 Å². The number of fused-ring (bicyclic) bond motifs is 3. The Labute approximate surface area is 215 Å². The van der Waals surface area contributed by atoms with E-state index in [1.807, 2.05) is 16.9 Å². The first kappa shape index (κ1) is 23.2. The Balaban J connectivity index is 1.09. The molecule has 194 valence electrons. The summed E-state index contributed by atoms with van der Waals surface area (Å²) >= 11 is 1.81. The molecule has 0 amide bonds. The molecule has 1 aliphatic carbocycles. The normalized spacial score (nSPS) is 30.9. The molecule has 4 fully saturated rings. The number of ether oxygens (including phenoxy) is 4. The molecule has 2 atom stereocenters. The minimum Gasteiger partial charge on any atom is -0.474 e. The summed E-state index contributed by atoms with van der Waals surface area (Å²) in [4.78, 5) is 12.4. The van der Waals surface area contributed by atoms with E-state index in [0.29, 0.717) is 42.4 Å². The van der Waals surface area contributed by atoms with Crippen LogP contribution in [0.1, 0.15) is 49.6 Å². The van der Waals surface area contributed by atoms with Gasteiger partial charge in [0.2, 0.25) is 11.8 Å². The number of rotatable bonds is 6. The molecule has 0 spiro atoms. The molecule has 7 rings (SSSR count). The molecule has 0 radical (unpaired) electrons. The van der Waals surface area contributed by atoms with Crippen LogP contribution in [0.3, 0.4) is 0 Å². The van der Waals surface area contributed by atoms with E-state index in [0.717, 1.165) is 75.5 Å². The van der Waals surface area contributed by atoms with Crippen LogP contribution < -0.4 is 10.1 Å². The van der Waals surface area contributed by atoms with Crippen LogP contribution in [-0.2, 0) is 14.2 Å². The number of aromatic nitrogens is 4. The molecule has 36 heavy (non-hydrogen) atoms. The van der Waals surface area contributed by atoms with Crippen molar-refractivity contribution in [3.8, 4) is 5.88 Å². The highest BCUT2D eigenvalue weighted by Gasteiger charge is 2.41. The zero-order chi connectivity index (χ0) is 23.9. The van der Waals surface area contributed by atoms with E-state index in [2.05, 4.69) is 15.3 Å². The van der Waals surface area contributed by atoms with Crippen LogP contribution in [-0.4, -0.2) is 94.8 Å². The van der Waals surface area contributed by atoms with Crippen LogP contribution in [0.15, 0.2) is 17.3 Å². The fourth-order valence-electron chi connectivity index (χ4n) is 6.01. The molecule has 5 aliphatic rings. The Morgan fingerprint density at radius 2 is 1.78 bits per heavy atom. The third kappa shape index (κ3) is 4.60. The van der Waals surface area contributed by atoms with Gasteiger partial charge in [-0.25, -0.2) is 4.98 Å². The summed E-state index contributed by atoms with van der Waals surface area (Å²) in [5, 5.41) is 9.39. The number of hydrogen-bond donors (Lipinski definition) is 1. The molecule has 2 aromatic rings. The highest BCUT2D eigenvalue weighted by atomic mass is 32.2. The topological polar surface area (TPSA) is 95.8 Å². The predicted octanol–water partition coefficient (Wildman–Crippen LogP) is 2.99. The lowest BCUT2D eigenvalue weighted by Crippen LogP contribution is -2.46. The van der Waals surface area contributed by atoms with Gasteiger partial charge in [-0.3, -0.25) is 9.58 Å². The average Bonchev–Trinajstić information content (AvgIpc) is 3.48. The first-order chi connectivity index (χ1) is 17.8. The van der Waals surface area contributed by atoms with E-state index in [-0.39, 0.29) is 6.10 Å². The molecule has 3 saturated heterocycles. The van der Waals surface area contributed by atoms with Gasteiger partial charge in [-0.1, -0.05) is 11.8 Å². The second kappa shape index (κ2) is 10.1. The number of hydrogen-bond acceptors (Lipinski definition) is 10. The van der Waals surface area contributed by atoms with Crippen LogP contribution in [0.25, 0.3) is 0 Å². The molecule has 1 N–H and O–H groups in total. The minimum absolute atomic E-state index is 0.191. The first-order valence-electron chi connectivity index (χ1n) is 13.3. The number of morpholine rings is 1.